The van der Waals surface area contributed by atoms with Crippen molar-refractivity contribution in [2.75, 3.05) is 19.8 Å². The minimum Gasteiger partial charge on any atom is -0.490 e. The van der Waals surface area contributed by atoms with Crippen LogP contribution in [0.1, 0.15) is 103 Å². The molecule has 0 radical (unpaired) electrons. The largest absolute Gasteiger partial charge is 0.490 e. The minimum absolute atomic E-state index is 0.0518. The molecule has 0 aliphatic heterocycles. The molecular weight excluding hydrogens is 544 g/mol. The Bertz CT molecular complexity index is 1180. The molecular formula is C36H48O7. The van der Waals surface area contributed by atoms with Gasteiger partial charge >= 0.3 is 17.9 Å². The number of benzene rings is 2. The zero-order chi connectivity index (χ0) is 31.1. The number of rotatable bonds is 16. The van der Waals surface area contributed by atoms with E-state index in [9.17, 15) is 14.4 Å². The third kappa shape index (κ3) is 11.2. The van der Waals surface area contributed by atoms with Gasteiger partial charge < -0.3 is 18.9 Å². The average molecular weight is 593 g/mol. The van der Waals surface area contributed by atoms with Crippen LogP contribution in [0, 0.1) is 11.3 Å². The Labute approximate surface area is 256 Å². The van der Waals surface area contributed by atoms with E-state index in [1.165, 1.54) is 50.2 Å². The molecule has 7 nitrogen and oxygen atoms in total. The molecule has 43 heavy (non-hydrogen) atoms. The molecule has 0 bridgehead atoms. The first-order chi connectivity index (χ1) is 20.8. The topological polar surface area (TPSA) is 88.1 Å². The molecule has 2 aromatic carbocycles. The van der Waals surface area contributed by atoms with E-state index < -0.39 is 17.4 Å². The molecule has 7 heteroatoms. The second-order valence-corrected chi connectivity index (χ2v) is 11.7. The summed E-state index contributed by atoms with van der Waals surface area (Å²) in [5.74, 6) is 1.25. The van der Waals surface area contributed by atoms with Gasteiger partial charge in [-0.2, -0.15) is 0 Å². The van der Waals surface area contributed by atoms with Crippen LogP contribution in [0.5, 0.6) is 11.5 Å². The zero-order valence-electron chi connectivity index (χ0n) is 26.3. The molecule has 1 saturated carbocycles. The number of ether oxygens (including phenoxy) is 4. The lowest BCUT2D eigenvalue weighted by Crippen LogP contribution is -2.34. The van der Waals surface area contributed by atoms with Crippen molar-refractivity contribution in [3.05, 3.63) is 65.7 Å². The molecule has 234 valence electrons. The van der Waals surface area contributed by atoms with E-state index >= 15 is 0 Å². The quantitative estimate of drug-likeness (QED) is 0.0843. The van der Waals surface area contributed by atoms with Crippen molar-refractivity contribution in [2.45, 2.75) is 91.4 Å². The minimum atomic E-state index is -1.000. The van der Waals surface area contributed by atoms with Crippen LogP contribution in [0.25, 0.3) is 6.08 Å². The third-order valence-electron chi connectivity index (χ3n) is 8.26. The summed E-state index contributed by atoms with van der Waals surface area (Å²) >= 11 is 0. The summed E-state index contributed by atoms with van der Waals surface area (Å²) < 4.78 is 21.8. The summed E-state index contributed by atoms with van der Waals surface area (Å²) in [6.45, 7) is 8.39. The predicted octanol–water partition coefficient (Wildman–Crippen LogP) is 8.06. The van der Waals surface area contributed by atoms with Crippen LogP contribution in [0.2, 0.25) is 0 Å². The van der Waals surface area contributed by atoms with E-state index in [4.69, 9.17) is 18.9 Å². The van der Waals surface area contributed by atoms with Crippen LogP contribution in [0.15, 0.2) is 54.6 Å². The molecule has 0 N–H and O–H groups in total. The Hall–Kier alpha value is -3.61. The van der Waals surface area contributed by atoms with Crippen molar-refractivity contribution < 1.29 is 33.3 Å². The van der Waals surface area contributed by atoms with Gasteiger partial charge in [-0.3, -0.25) is 9.59 Å². The van der Waals surface area contributed by atoms with E-state index in [-0.39, 0.29) is 25.6 Å². The molecule has 0 aromatic heterocycles. The van der Waals surface area contributed by atoms with Gasteiger partial charge in [0.1, 0.15) is 24.7 Å². The molecule has 1 aliphatic carbocycles. The monoisotopic (exact) mass is 592 g/mol. The summed E-state index contributed by atoms with van der Waals surface area (Å²) in [5, 5.41) is 0. The Kier molecular flexibility index (Phi) is 13.8. The van der Waals surface area contributed by atoms with E-state index in [2.05, 4.69) is 19.1 Å². The van der Waals surface area contributed by atoms with Gasteiger partial charge in [0.05, 0.1) is 18.4 Å². The predicted molar refractivity (Wildman–Crippen MR) is 168 cm³/mol. The summed E-state index contributed by atoms with van der Waals surface area (Å²) in [5.41, 5.74) is 1.13. The van der Waals surface area contributed by atoms with E-state index in [0.29, 0.717) is 30.4 Å². The van der Waals surface area contributed by atoms with Crippen LogP contribution in [-0.4, -0.2) is 37.7 Å². The Morgan fingerprint density at radius 1 is 0.814 bits per heavy atom. The molecule has 1 aliphatic rings. The number of hydrogen-bond donors (Lipinski definition) is 0. The van der Waals surface area contributed by atoms with Crippen molar-refractivity contribution in [2.24, 2.45) is 11.3 Å². The number of esters is 3. The Morgan fingerprint density at radius 3 is 2.12 bits per heavy atom. The van der Waals surface area contributed by atoms with Crippen molar-refractivity contribution in [3.63, 3.8) is 0 Å². The first kappa shape index (κ1) is 33.9. The second kappa shape index (κ2) is 17.5. The molecule has 0 spiro atoms. The lowest BCUT2D eigenvalue weighted by Gasteiger charge is -2.28. The summed E-state index contributed by atoms with van der Waals surface area (Å²) in [6.07, 6.45) is 11.8. The maximum absolute atomic E-state index is 12.9. The first-order valence-corrected chi connectivity index (χ1v) is 15.8. The molecule has 0 saturated heterocycles. The number of hydrogen-bond acceptors (Lipinski definition) is 7. The fraction of sp³-hybridized carbons (Fsp3) is 0.528. The maximum Gasteiger partial charge on any atom is 0.330 e. The van der Waals surface area contributed by atoms with Crippen LogP contribution in [0.4, 0.5) is 0 Å². The third-order valence-corrected chi connectivity index (χ3v) is 8.26. The average Bonchev–Trinajstić information content (AvgIpc) is 3.02. The van der Waals surface area contributed by atoms with Gasteiger partial charge in [-0.15, -0.1) is 0 Å². The molecule has 1 atom stereocenters. The van der Waals surface area contributed by atoms with Gasteiger partial charge in [-0.1, -0.05) is 57.9 Å². The molecule has 0 amide bonds. The fourth-order valence-electron chi connectivity index (χ4n) is 5.39. The van der Waals surface area contributed by atoms with Crippen LogP contribution < -0.4 is 9.47 Å². The highest BCUT2D eigenvalue weighted by Gasteiger charge is 2.36. The van der Waals surface area contributed by atoms with Crippen LogP contribution in [0.3, 0.4) is 0 Å². The van der Waals surface area contributed by atoms with Gasteiger partial charge in [0, 0.05) is 6.08 Å². The standard InChI is InChI=1S/C36H48O7/c1-5-8-27-9-14-29(15-10-27)30-16-20-32(21-17-30)43-34(38)26-36(4,7-3)35(39)42-25-24-40-31-18-11-28(12-19-31)13-22-33(37)41-23-6-2/h11-13,16-22,27,29H,5-10,14-15,23-26H2,1-4H3/b22-13+. The van der Waals surface area contributed by atoms with Crippen LogP contribution in [-0.2, 0) is 23.9 Å². The van der Waals surface area contributed by atoms with Crippen molar-refractivity contribution in [3.8, 4) is 11.5 Å². The summed E-state index contributed by atoms with van der Waals surface area (Å²) in [6, 6.07) is 15.0. The molecule has 1 unspecified atom stereocenters. The van der Waals surface area contributed by atoms with Gasteiger partial charge in [0.2, 0.25) is 0 Å². The highest BCUT2D eigenvalue weighted by molar-refractivity contribution is 5.87. The maximum atomic E-state index is 12.9. The second-order valence-electron chi connectivity index (χ2n) is 11.7. The normalized spacial score (nSPS) is 18.0. The van der Waals surface area contributed by atoms with Crippen molar-refractivity contribution >= 4 is 24.0 Å². The van der Waals surface area contributed by atoms with Gasteiger partial charge in [-0.25, -0.2) is 4.79 Å². The Morgan fingerprint density at radius 2 is 1.49 bits per heavy atom. The zero-order valence-corrected chi connectivity index (χ0v) is 26.3. The van der Waals surface area contributed by atoms with Gasteiger partial charge in [0.25, 0.3) is 0 Å². The molecule has 1 fully saturated rings. The molecule has 2 aromatic rings. The van der Waals surface area contributed by atoms with Crippen LogP contribution >= 0.6 is 0 Å². The van der Waals surface area contributed by atoms with Gasteiger partial charge in [0.15, 0.2) is 0 Å². The van der Waals surface area contributed by atoms with E-state index in [0.717, 1.165) is 17.9 Å². The highest BCUT2D eigenvalue weighted by Crippen LogP contribution is 2.38. The Balaban J connectivity index is 1.40. The fourth-order valence-corrected chi connectivity index (χ4v) is 5.39. The summed E-state index contributed by atoms with van der Waals surface area (Å²) in [4.78, 5) is 37.2. The summed E-state index contributed by atoms with van der Waals surface area (Å²) in [7, 11) is 0. The van der Waals surface area contributed by atoms with Crippen molar-refractivity contribution in [1.29, 1.82) is 0 Å². The lowest BCUT2D eigenvalue weighted by molar-refractivity contribution is -0.160. The van der Waals surface area contributed by atoms with E-state index in [1.54, 1.807) is 25.1 Å². The molecule has 0 heterocycles. The number of carbonyl (C=O) groups is 3. The molecule has 3 rings (SSSR count). The van der Waals surface area contributed by atoms with E-state index in [1.807, 2.05) is 38.1 Å². The first-order valence-electron chi connectivity index (χ1n) is 15.8. The SMILES string of the molecule is CCCOC(=O)/C=C/c1ccc(OCCOC(=O)C(C)(CC)CC(=O)Oc2ccc(C3CCC(CCC)CC3)cc2)cc1. The smallest absolute Gasteiger partial charge is 0.330 e. The lowest BCUT2D eigenvalue weighted by atomic mass is 9.77. The van der Waals surface area contributed by atoms with Gasteiger partial charge in [-0.05, 0) is 98.8 Å². The van der Waals surface area contributed by atoms with Crippen molar-refractivity contribution in [1.82, 2.24) is 0 Å². The number of carbonyl (C=O) groups excluding carboxylic acids is 3. The highest BCUT2D eigenvalue weighted by atomic mass is 16.6.